The van der Waals surface area contributed by atoms with Crippen molar-refractivity contribution in [3.63, 3.8) is 0 Å². The maximum absolute atomic E-state index is 12.6. The number of methoxy groups -OCH3 is 1. The normalized spacial score (nSPS) is 11.2. The first-order valence-corrected chi connectivity index (χ1v) is 10.2. The highest BCUT2D eigenvalue weighted by Gasteiger charge is 2.19. The number of thiazole rings is 1. The number of sulfonamides is 1. The van der Waals surface area contributed by atoms with Gasteiger partial charge in [-0.1, -0.05) is 30.3 Å². The SMILES string of the molecule is COc1ccc(NC(=O)c2sc(-c3ccccc3)nc2C)cc1S(N)(=O)=O. The van der Waals surface area contributed by atoms with Gasteiger partial charge in [-0.15, -0.1) is 11.3 Å². The molecular formula is C18H17N3O4S2. The van der Waals surface area contributed by atoms with Crippen molar-refractivity contribution in [1.82, 2.24) is 4.98 Å². The lowest BCUT2D eigenvalue weighted by Crippen LogP contribution is -2.15. The number of carbonyl (C=O) groups excluding carboxylic acids is 1. The summed E-state index contributed by atoms with van der Waals surface area (Å²) in [5.41, 5.74) is 1.81. The predicted molar refractivity (Wildman–Crippen MR) is 105 cm³/mol. The molecule has 1 amide bonds. The van der Waals surface area contributed by atoms with E-state index in [-0.39, 0.29) is 16.6 Å². The Morgan fingerprint density at radius 1 is 1.19 bits per heavy atom. The van der Waals surface area contributed by atoms with Gasteiger partial charge in [0.15, 0.2) is 0 Å². The zero-order valence-corrected chi connectivity index (χ0v) is 16.2. The Kier molecular flexibility index (Phi) is 5.26. The van der Waals surface area contributed by atoms with E-state index in [2.05, 4.69) is 10.3 Å². The number of rotatable bonds is 5. The van der Waals surface area contributed by atoms with E-state index in [1.165, 1.54) is 30.6 Å². The van der Waals surface area contributed by atoms with Gasteiger partial charge < -0.3 is 10.1 Å². The van der Waals surface area contributed by atoms with Gasteiger partial charge in [-0.3, -0.25) is 4.79 Å². The first-order valence-electron chi connectivity index (χ1n) is 7.84. The summed E-state index contributed by atoms with van der Waals surface area (Å²) in [4.78, 5) is 17.3. The molecule has 3 rings (SSSR count). The fourth-order valence-electron chi connectivity index (χ4n) is 2.48. The van der Waals surface area contributed by atoms with Crippen LogP contribution in [0.15, 0.2) is 53.4 Å². The largest absolute Gasteiger partial charge is 0.495 e. The molecule has 0 atom stereocenters. The van der Waals surface area contributed by atoms with Crippen LogP contribution in [0.25, 0.3) is 10.6 Å². The summed E-state index contributed by atoms with van der Waals surface area (Å²) in [6.45, 7) is 1.75. The number of primary sulfonamides is 1. The molecule has 0 spiro atoms. The number of ether oxygens (including phenoxy) is 1. The molecule has 0 bridgehead atoms. The van der Waals surface area contributed by atoms with E-state index in [9.17, 15) is 13.2 Å². The van der Waals surface area contributed by atoms with E-state index in [0.717, 1.165) is 10.6 Å². The number of benzene rings is 2. The third kappa shape index (κ3) is 4.16. The molecule has 3 N–H and O–H groups in total. The molecule has 0 radical (unpaired) electrons. The minimum atomic E-state index is -3.99. The lowest BCUT2D eigenvalue weighted by Gasteiger charge is -2.10. The number of hydrogen-bond donors (Lipinski definition) is 2. The molecule has 0 aliphatic heterocycles. The third-order valence-corrected chi connectivity index (χ3v) is 5.89. The Balaban J connectivity index is 1.89. The van der Waals surface area contributed by atoms with Crippen LogP contribution in [0.2, 0.25) is 0 Å². The van der Waals surface area contributed by atoms with Crippen LogP contribution in [-0.2, 0) is 10.0 Å². The monoisotopic (exact) mass is 403 g/mol. The van der Waals surface area contributed by atoms with Crippen molar-refractivity contribution in [3.05, 3.63) is 59.1 Å². The van der Waals surface area contributed by atoms with E-state index in [1.54, 1.807) is 13.0 Å². The van der Waals surface area contributed by atoms with E-state index >= 15 is 0 Å². The van der Waals surface area contributed by atoms with Crippen molar-refractivity contribution in [2.75, 3.05) is 12.4 Å². The number of nitrogens with zero attached hydrogens (tertiary/aromatic N) is 1. The van der Waals surface area contributed by atoms with Crippen molar-refractivity contribution in [2.45, 2.75) is 11.8 Å². The zero-order valence-electron chi connectivity index (χ0n) is 14.6. The minimum Gasteiger partial charge on any atom is -0.495 e. The van der Waals surface area contributed by atoms with Crippen molar-refractivity contribution >= 4 is 33.0 Å². The minimum absolute atomic E-state index is 0.107. The van der Waals surface area contributed by atoms with Crippen molar-refractivity contribution in [1.29, 1.82) is 0 Å². The van der Waals surface area contributed by atoms with Crippen LogP contribution in [0, 0.1) is 6.92 Å². The molecule has 1 aromatic heterocycles. The molecular weight excluding hydrogens is 386 g/mol. The Hall–Kier alpha value is -2.75. The number of hydrogen-bond acceptors (Lipinski definition) is 6. The number of nitrogens with one attached hydrogen (secondary N) is 1. The van der Waals surface area contributed by atoms with Crippen molar-refractivity contribution in [2.24, 2.45) is 5.14 Å². The maximum atomic E-state index is 12.6. The van der Waals surface area contributed by atoms with Crippen LogP contribution in [-0.4, -0.2) is 26.4 Å². The van der Waals surface area contributed by atoms with Gasteiger partial charge in [0, 0.05) is 11.3 Å². The quantitative estimate of drug-likeness (QED) is 0.680. The van der Waals surface area contributed by atoms with Gasteiger partial charge >= 0.3 is 0 Å². The molecule has 27 heavy (non-hydrogen) atoms. The Morgan fingerprint density at radius 2 is 1.89 bits per heavy atom. The molecule has 0 unspecified atom stereocenters. The second kappa shape index (κ2) is 7.47. The van der Waals surface area contributed by atoms with E-state index in [1.807, 2.05) is 30.3 Å². The zero-order chi connectivity index (χ0) is 19.6. The Morgan fingerprint density at radius 3 is 2.52 bits per heavy atom. The van der Waals surface area contributed by atoms with Gasteiger partial charge in [0.2, 0.25) is 10.0 Å². The molecule has 0 saturated carbocycles. The van der Waals surface area contributed by atoms with Crippen molar-refractivity contribution < 1.29 is 17.9 Å². The van der Waals surface area contributed by atoms with Gasteiger partial charge in [0.05, 0.1) is 12.8 Å². The van der Waals surface area contributed by atoms with Crippen LogP contribution >= 0.6 is 11.3 Å². The highest BCUT2D eigenvalue weighted by molar-refractivity contribution is 7.89. The predicted octanol–water partition coefficient (Wildman–Crippen LogP) is 3.03. The summed E-state index contributed by atoms with van der Waals surface area (Å²) in [7, 11) is -2.65. The number of aromatic nitrogens is 1. The fourth-order valence-corrected chi connectivity index (χ4v) is 4.17. The molecule has 9 heteroatoms. The summed E-state index contributed by atoms with van der Waals surface area (Å²) < 4.78 is 28.4. The van der Waals surface area contributed by atoms with Crippen LogP contribution in [0.3, 0.4) is 0 Å². The van der Waals surface area contributed by atoms with Gasteiger partial charge in [0.1, 0.15) is 20.5 Å². The number of amides is 1. The second-order valence-electron chi connectivity index (χ2n) is 5.66. The average molecular weight is 403 g/mol. The smallest absolute Gasteiger partial charge is 0.267 e. The average Bonchev–Trinajstić information content (AvgIpc) is 3.03. The van der Waals surface area contributed by atoms with E-state index in [4.69, 9.17) is 9.88 Å². The van der Waals surface area contributed by atoms with Gasteiger partial charge in [0.25, 0.3) is 5.91 Å². The molecule has 2 aromatic carbocycles. The Bertz CT molecular complexity index is 1090. The number of aryl methyl sites for hydroxylation is 1. The molecule has 0 fully saturated rings. The molecule has 3 aromatic rings. The highest BCUT2D eigenvalue weighted by atomic mass is 32.2. The van der Waals surface area contributed by atoms with E-state index in [0.29, 0.717) is 16.3 Å². The van der Waals surface area contributed by atoms with Crippen LogP contribution in [0.1, 0.15) is 15.4 Å². The molecule has 140 valence electrons. The molecule has 0 aliphatic rings. The first kappa shape index (κ1) is 19.0. The maximum Gasteiger partial charge on any atom is 0.267 e. The lowest BCUT2D eigenvalue weighted by molar-refractivity contribution is 0.102. The third-order valence-electron chi connectivity index (χ3n) is 3.75. The summed E-state index contributed by atoms with van der Waals surface area (Å²) in [6.07, 6.45) is 0. The number of carbonyl (C=O) groups is 1. The Labute approximate surface area is 160 Å². The van der Waals surface area contributed by atoms with Crippen LogP contribution in [0.5, 0.6) is 5.75 Å². The molecule has 1 heterocycles. The highest BCUT2D eigenvalue weighted by Crippen LogP contribution is 2.30. The standard InChI is InChI=1S/C18H17N3O4S2/c1-11-16(26-18(20-11)12-6-4-3-5-7-12)17(22)21-13-8-9-14(25-2)15(10-13)27(19,23)24/h3-10H,1-2H3,(H,21,22)(H2,19,23,24). The number of anilines is 1. The topological polar surface area (TPSA) is 111 Å². The van der Waals surface area contributed by atoms with Crippen molar-refractivity contribution in [3.8, 4) is 16.3 Å². The summed E-state index contributed by atoms with van der Waals surface area (Å²) in [5, 5.41) is 8.63. The van der Waals surface area contributed by atoms with Gasteiger partial charge in [-0.05, 0) is 25.1 Å². The number of nitrogens with two attached hydrogens (primary N) is 1. The lowest BCUT2D eigenvalue weighted by atomic mass is 10.2. The van der Waals surface area contributed by atoms with E-state index < -0.39 is 10.0 Å². The fraction of sp³-hybridized carbons (Fsp3) is 0.111. The van der Waals surface area contributed by atoms with Gasteiger partial charge in [-0.2, -0.15) is 0 Å². The molecule has 0 saturated heterocycles. The first-order chi connectivity index (χ1) is 12.8. The van der Waals surface area contributed by atoms with Crippen LogP contribution < -0.4 is 15.2 Å². The summed E-state index contributed by atoms with van der Waals surface area (Å²) in [6, 6.07) is 13.8. The van der Waals surface area contributed by atoms with Crippen LogP contribution in [0.4, 0.5) is 5.69 Å². The second-order valence-corrected chi connectivity index (χ2v) is 8.19. The molecule has 0 aliphatic carbocycles. The van der Waals surface area contributed by atoms with Gasteiger partial charge in [-0.25, -0.2) is 18.5 Å². The summed E-state index contributed by atoms with van der Waals surface area (Å²) >= 11 is 1.27. The molecule has 7 nitrogen and oxygen atoms in total. The summed E-state index contributed by atoms with van der Waals surface area (Å²) in [5.74, 6) is -0.270.